The number of nitrogens with one attached hydrogen (secondary N) is 2. The zero-order valence-electron chi connectivity index (χ0n) is 17.4. The van der Waals surface area contributed by atoms with Crippen molar-refractivity contribution in [3.8, 4) is 5.75 Å². The minimum absolute atomic E-state index is 0.177. The first-order chi connectivity index (χ1) is 15.4. The van der Waals surface area contributed by atoms with Gasteiger partial charge in [-0.1, -0.05) is 36.4 Å². The Morgan fingerprint density at radius 3 is 2.25 bits per heavy atom. The van der Waals surface area contributed by atoms with Crippen molar-refractivity contribution in [3.63, 3.8) is 0 Å². The Morgan fingerprint density at radius 2 is 1.53 bits per heavy atom. The molecule has 7 heteroatoms. The van der Waals surface area contributed by atoms with E-state index in [1.807, 2.05) is 36.4 Å². The fraction of sp³-hybridized carbons (Fsp3) is 0.0800. The van der Waals surface area contributed by atoms with E-state index in [2.05, 4.69) is 10.0 Å². The highest BCUT2D eigenvalue weighted by atomic mass is 32.2. The predicted octanol–water partition coefficient (Wildman–Crippen LogP) is 4.58. The number of ether oxygens (including phenoxy) is 1. The Morgan fingerprint density at radius 1 is 0.844 bits per heavy atom. The Labute approximate surface area is 186 Å². The lowest BCUT2D eigenvalue weighted by atomic mass is 10.1. The van der Waals surface area contributed by atoms with E-state index in [4.69, 9.17) is 4.74 Å². The number of sulfonamides is 1. The number of anilines is 1. The molecular weight excluding hydrogens is 424 g/mol. The van der Waals surface area contributed by atoms with E-state index in [0.717, 1.165) is 22.1 Å². The number of rotatable bonds is 7. The number of hydrogen-bond donors (Lipinski definition) is 2. The lowest BCUT2D eigenvalue weighted by molar-refractivity contribution is 0.0951. The van der Waals surface area contributed by atoms with Gasteiger partial charge in [0.15, 0.2) is 0 Å². The van der Waals surface area contributed by atoms with E-state index in [1.54, 1.807) is 49.6 Å². The van der Waals surface area contributed by atoms with Crippen molar-refractivity contribution in [1.29, 1.82) is 0 Å². The van der Waals surface area contributed by atoms with Gasteiger partial charge in [0, 0.05) is 17.8 Å². The van der Waals surface area contributed by atoms with Crippen molar-refractivity contribution in [2.45, 2.75) is 11.4 Å². The molecule has 0 aliphatic heterocycles. The van der Waals surface area contributed by atoms with Crippen molar-refractivity contribution in [2.75, 3.05) is 11.8 Å². The molecule has 0 fully saturated rings. The van der Waals surface area contributed by atoms with Gasteiger partial charge >= 0.3 is 0 Å². The third kappa shape index (κ3) is 4.90. The van der Waals surface area contributed by atoms with Crippen molar-refractivity contribution in [3.05, 3.63) is 102 Å². The minimum Gasteiger partial charge on any atom is -0.497 e. The van der Waals surface area contributed by atoms with Crippen LogP contribution in [0.25, 0.3) is 10.8 Å². The summed E-state index contributed by atoms with van der Waals surface area (Å²) in [6, 6.07) is 26.3. The summed E-state index contributed by atoms with van der Waals surface area (Å²) in [6.07, 6.45) is 0. The highest BCUT2D eigenvalue weighted by Crippen LogP contribution is 2.22. The first kappa shape index (κ1) is 21.4. The van der Waals surface area contributed by atoms with Crippen LogP contribution < -0.4 is 14.8 Å². The zero-order valence-corrected chi connectivity index (χ0v) is 18.2. The Kier molecular flexibility index (Phi) is 6.09. The second-order valence-electron chi connectivity index (χ2n) is 7.23. The maximum Gasteiger partial charge on any atom is 0.261 e. The number of amides is 1. The summed E-state index contributed by atoms with van der Waals surface area (Å²) < 4.78 is 32.6. The molecule has 4 aromatic carbocycles. The highest BCUT2D eigenvalue weighted by Gasteiger charge is 2.14. The van der Waals surface area contributed by atoms with Crippen molar-refractivity contribution in [2.24, 2.45) is 0 Å². The van der Waals surface area contributed by atoms with Gasteiger partial charge in [-0.05, 0) is 70.9 Å². The van der Waals surface area contributed by atoms with Crippen LogP contribution in [0.3, 0.4) is 0 Å². The SMILES string of the molecule is COc1ccc2cc(CNC(=O)c3ccc(NS(=O)(=O)c4ccccc4)cc3)ccc2c1. The van der Waals surface area contributed by atoms with Crippen LogP contribution in [0.1, 0.15) is 15.9 Å². The molecule has 4 rings (SSSR count). The fourth-order valence-electron chi connectivity index (χ4n) is 3.30. The normalized spacial score (nSPS) is 11.2. The van der Waals surface area contributed by atoms with Crippen LogP contribution in [-0.2, 0) is 16.6 Å². The number of hydrogen-bond acceptors (Lipinski definition) is 4. The third-order valence-electron chi connectivity index (χ3n) is 5.02. The van der Waals surface area contributed by atoms with E-state index in [1.165, 1.54) is 12.1 Å². The number of carbonyl (C=O) groups excluding carboxylic acids is 1. The fourth-order valence-corrected chi connectivity index (χ4v) is 4.38. The summed E-state index contributed by atoms with van der Waals surface area (Å²) in [7, 11) is -2.04. The van der Waals surface area contributed by atoms with Gasteiger partial charge in [0.2, 0.25) is 0 Å². The predicted molar refractivity (Wildman–Crippen MR) is 125 cm³/mol. The summed E-state index contributed by atoms with van der Waals surface area (Å²) >= 11 is 0. The molecule has 0 saturated carbocycles. The second kappa shape index (κ2) is 9.11. The molecule has 0 heterocycles. The number of methoxy groups -OCH3 is 1. The van der Waals surface area contributed by atoms with E-state index in [-0.39, 0.29) is 10.8 Å². The highest BCUT2D eigenvalue weighted by molar-refractivity contribution is 7.92. The molecule has 162 valence electrons. The molecule has 1 amide bonds. The largest absolute Gasteiger partial charge is 0.497 e. The molecule has 0 atom stereocenters. The van der Waals surface area contributed by atoms with Gasteiger partial charge in [-0.2, -0.15) is 0 Å². The summed E-state index contributed by atoms with van der Waals surface area (Å²) in [4.78, 5) is 12.7. The molecule has 6 nitrogen and oxygen atoms in total. The smallest absolute Gasteiger partial charge is 0.261 e. The Balaban J connectivity index is 1.39. The molecule has 0 unspecified atom stereocenters. The molecule has 0 bridgehead atoms. The molecule has 0 aromatic heterocycles. The Bertz CT molecular complexity index is 1350. The topological polar surface area (TPSA) is 84.5 Å². The summed E-state index contributed by atoms with van der Waals surface area (Å²) in [5, 5.41) is 5.02. The summed E-state index contributed by atoms with van der Waals surface area (Å²) in [5.74, 6) is 0.561. The molecule has 4 aromatic rings. The van der Waals surface area contributed by atoms with Crippen LogP contribution in [0.2, 0.25) is 0 Å². The van der Waals surface area contributed by atoms with Gasteiger partial charge in [-0.3, -0.25) is 9.52 Å². The quantitative estimate of drug-likeness (QED) is 0.435. The van der Waals surface area contributed by atoms with Gasteiger partial charge in [0.1, 0.15) is 5.75 Å². The van der Waals surface area contributed by atoms with Gasteiger partial charge in [-0.25, -0.2) is 8.42 Å². The average Bonchev–Trinajstić information content (AvgIpc) is 2.83. The van der Waals surface area contributed by atoms with Crippen LogP contribution >= 0.6 is 0 Å². The Hall–Kier alpha value is -3.84. The van der Waals surface area contributed by atoms with Gasteiger partial charge in [-0.15, -0.1) is 0 Å². The van der Waals surface area contributed by atoms with Gasteiger partial charge < -0.3 is 10.1 Å². The van der Waals surface area contributed by atoms with Gasteiger partial charge in [0.25, 0.3) is 15.9 Å². The summed E-state index contributed by atoms with van der Waals surface area (Å²) in [6.45, 7) is 0.378. The first-order valence-electron chi connectivity index (χ1n) is 9.97. The van der Waals surface area contributed by atoms with Crippen molar-refractivity contribution >= 4 is 32.4 Å². The second-order valence-corrected chi connectivity index (χ2v) is 8.91. The molecule has 32 heavy (non-hydrogen) atoms. The van der Waals surface area contributed by atoms with Crippen molar-refractivity contribution in [1.82, 2.24) is 5.32 Å². The average molecular weight is 447 g/mol. The molecule has 0 radical (unpaired) electrons. The summed E-state index contributed by atoms with van der Waals surface area (Å²) in [5.41, 5.74) is 1.80. The van der Waals surface area contributed by atoms with E-state index >= 15 is 0 Å². The van der Waals surface area contributed by atoms with Crippen molar-refractivity contribution < 1.29 is 17.9 Å². The maximum absolute atomic E-state index is 12.5. The monoisotopic (exact) mass is 446 g/mol. The molecule has 0 saturated heterocycles. The first-order valence-corrected chi connectivity index (χ1v) is 11.5. The van der Waals surface area contributed by atoms with Crippen LogP contribution in [-0.4, -0.2) is 21.4 Å². The minimum atomic E-state index is -3.67. The van der Waals surface area contributed by atoms with Crippen LogP contribution in [0, 0.1) is 0 Å². The zero-order chi connectivity index (χ0) is 22.6. The molecule has 0 aliphatic rings. The molecule has 0 spiro atoms. The standard InChI is InChI=1S/C25H22N2O4S/c1-31-23-14-11-20-15-18(7-8-21(20)16-23)17-26-25(28)19-9-12-22(13-10-19)27-32(29,30)24-5-3-2-4-6-24/h2-16,27H,17H2,1H3,(H,26,28). The third-order valence-corrected chi connectivity index (χ3v) is 6.41. The molecule has 2 N–H and O–H groups in total. The number of fused-ring (bicyclic) bond motifs is 1. The van der Waals surface area contributed by atoms with Gasteiger partial charge in [0.05, 0.1) is 12.0 Å². The number of carbonyl (C=O) groups is 1. The maximum atomic E-state index is 12.5. The number of benzene rings is 4. The van der Waals surface area contributed by atoms with E-state index in [9.17, 15) is 13.2 Å². The lowest BCUT2D eigenvalue weighted by Crippen LogP contribution is -2.22. The molecular formula is C25H22N2O4S. The van der Waals surface area contributed by atoms with Crippen LogP contribution in [0.15, 0.2) is 95.9 Å². The lowest BCUT2D eigenvalue weighted by Gasteiger charge is -2.10. The van der Waals surface area contributed by atoms with Crippen LogP contribution in [0.5, 0.6) is 5.75 Å². The van der Waals surface area contributed by atoms with E-state index < -0.39 is 10.0 Å². The van der Waals surface area contributed by atoms with E-state index in [0.29, 0.717) is 17.8 Å². The van der Waals surface area contributed by atoms with Crippen LogP contribution in [0.4, 0.5) is 5.69 Å². The molecule has 0 aliphatic carbocycles.